The van der Waals surface area contributed by atoms with E-state index in [0.29, 0.717) is 16.6 Å². The summed E-state index contributed by atoms with van der Waals surface area (Å²) in [4.78, 5) is 11.6. The predicted molar refractivity (Wildman–Crippen MR) is 73.4 cm³/mol. The van der Waals surface area contributed by atoms with Crippen molar-refractivity contribution in [3.05, 3.63) is 34.5 Å². The molecule has 1 heterocycles. The number of halogens is 1. The Labute approximate surface area is 111 Å². The number of carbonyl (C=O) groups excluding carboxylic acids is 1. The summed E-state index contributed by atoms with van der Waals surface area (Å²) < 4.78 is 6.92. The van der Waals surface area contributed by atoms with Crippen LogP contribution < -0.4 is 0 Å². The van der Waals surface area contributed by atoms with Gasteiger partial charge in [-0.15, -0.1) is 0 Å². The highest BCUT2D eigenvalue weighted by molar-refractivity contribution is 6.34. The maximum absolute atomic E-state index is 11.6. The minimum absolute atomic E-state index is 0.328. The Morgan fingerprint density at radius 3 is 2.56 bits per heavy atom. The Bertz CT molecular complexity index is 614. The van der Waals surface area contributed by atoms with Crippen molar-refractivity contribution < 1.29 is 9.53 Å². The van der Waals surface area contributed by atoms with Crippen molar-refractivity contribution in [1.82, 2.24) is 4.57 Å². The van der Waals surface area contributed by atoms with Crippen LogP contribution in [0, 0.1) is 6.92 Å². The zero-order valence-electron chi connectivity index (χ0n) is 11.0. The van der Waals surface area contributed by atoms with E-state index in [9.17, 15) is 4.79 Å². The third-order valence-electron chi connectivity index (χ3n) is 3.04. The molecular formula is C14H16ClNO2. The molecule has 0 saturated heterocycles. The third kappa shape index (κ3) is 1.99. The van der Waals surface area contributed by atoms with Crippen LogP contribution in [0.3, 0.4) is 0 Å². The first-order valence-electron chi connectivity index (χ1n) is 5.85. The van der Waals surface area contributed by atoms with Crippen LogP contribution in [0.25, 0.3) is 10.9 Å². The molecule has 0 bridgehead atoms. The third-order valence-corrected chi connectivity index (χ3v) is 3.35. The molecule has 0 radical (unpaired) electrons. The first-order chi connectivity index (χ1) is 8.45. The smallest absolute Gasteiger partial charge is 0.339 e. The Morgan fingerprint density at radius 2 is 2.00 bits per heavy atom. The number of methoxy groups -OCH3 is 1. The van der Waals surface area contributed by atoms with Gasteiger partial charge in [-0.2, -0.15) is 0 Å². The van der Waals surface area contributed by atoms with Crippen molar-refractivity contribution in [2.45, 2.75) is 26.8 Å². The molecule has 96 valence electrons. The number of aromatic nitrogens is 1. The fourth-order valence-electron chi connectivity index (χ4n) is 2.34. The number of aryl methyl sites for hydroxylation is 1. The highest BCUT2D eigenvalue weighted by atomic mass is 35.5. The van der Waals surface area contributed by atoms with Gasteiger partial charge in [-0.1, -0.05) is 11.6 Å². The van der Waals surface area contributed by atoms with Crippen LogP contribution in [0.4, 0.5) is 0 Å². The number of nitrogens with zero attached hydrogens (tertiary/aromatic N) is 1. The second kappa shape index (κ2) is 4.65. The van der Waals surface area contributed by atoms with Gasteiger partial charge in [0.15, 0.2) is 0 Å². The molecule has 18 heavy (non-hydrogen) atoms. The van der Waals surface area contributed by atoms with Crippen molar-refractivity contribution in [3.63, 3.8) is 0 Å². The molecule has 1 aromatic carbocycles. The average Bonchev–Trinajstić information content (AvgIpc) is 2.62. The van der Waals surface area contributed by atoms with E-state index in [1.807, 2.05) is 13.0 Å². The molecule has 0 N–H and O–H groups in total. The number of ether oxygens (including phenoxy) is 1. The molecule has 0 atom stereocenters. The average molecular weight is 266 g/mol. The molecule has 3 nitrogen and oxygen atoms in total. The Hall–Kier alpha value is -1.48. The topological polar surface area (TPSA) is 31.2 Å². The number of carbonyl (C=O) groups is 1. The number of hydrogen-bond donors (Lipinski definition) is 0. The van der Waals surface area contributed by atoms with Crippen LogP contribution in [0.15, 0.2) is 18.2 Å². The lowest BCUT2D eigenvalue weighted by molar-refractivity contribution is 0.0601. The molecule has 2 rings (SSSR count). The summed E-state index contributed by atoms with van der Waals surface area (Å²) in [6.07, 6.45) is 0. The summed E-state index contributed by atoms with van der Waals surface area (Å²) in [6.45, 7) is 6.27. The quantitative estimate of drug-likeness (QED) is 0.770. The maximum Gasteiger partial charge on any atom is 0.339 e. The second-order valence-corrected chi connectivity index (χ2v) is 5.04. The zero-order valence-corrected chi connectivity index (χ0v) is 11.7. The van der Waals surface area contributed by atoms with E-state index in [2.05, 4.69) is 24.5 Å². The lowest BCUT2D eigenvalue weighted by Crippen LogP contribution is -2.05. The molecule has 0 amide bonds. The molecule has 0 spiro atoms. The van der Waals surface area contributed by atoms with Gasteiger partial charge in [0.2, 0.25) is 0 Å². The van der Waals surface area contributed by atoms with Crippen molar-refractivity contribution in [1.29, 1.82) is 0 Å². The van der Waals surface area contributed by atoms with Gasteiger partial charge in [0.05, 0.1) is 17.7 Å². The minimum atomic E-state index is -0.406. The summed E-state index contributed by atoms with van der Waals surface area (Å²) >= 11 is 6.11. The number of fused-ring (bicyclic) bond motifs is 1. The summed E-state index contributed by atoms with van der Waals surface area (Å²) in [6, 6.07) is 6.02. The van der Waals surface area contributed by atoms with E-state index in [1.165, 1.54) is 7.11 Å². The van der Waals surface area contributed by atoms with E-state index in [1.54, 1.807) is 6.07 Å². The van der Waals surface area contributed by atoms with E-state index < -0.39 is 5.97 Å². The molecule has 4 heteroatoms. The summed E-state index contributed by atoms with van der Waals surface area (Å²) in [5, 5.41) is 1.47. The van der Waals surface area contributed by atoms with E-state index in [4.69, 9.17) is 16.3 Å². The maximum atomic E-state index is 11.6. The number of rotatable bonds is 2. The summed E-state index contributed by atoms with van der Waals surface area (Å²) in [7, 11) is 1.36. The van der Waals surface area contributed by atoms with E-state index in [0.717, 1.165) is 16.6 Å². The molecule has 2 aromatic rings. The normalized spacial score (nSPS) is 11.2. The van der Waals surface area contributed by atoms with Gasteiger partial charge in [-0.3, -0.25) is 0 Å². The standard InChI is InChI=1S/C14H16ClNO2/c1-8(2)16-9(3)5-10-6-12(15)11(7-13(10)16)14(17)18-4/h5-8H,1-4H3. The van der Waals surface area contributed by atoms with Gasteiger partial charge < -0.3 is 9.30 Å². The number of esters is 1. The molecule has 1 aromatic heterocycles. The molecule has 0 aliphatic heterocycles. The number of benzene rings is 1. The van der Waals surface area contributed by atoms with Gasteiger partial charge in [0.1, 0.15) is 0 Å². The highest BCUT2D eigenvalue weighted by Crippen LogP contribution is 2.29. The first kappa shape index (κ1) is 13.0. The Morgan fingerprint density at radius 1 is 1.33 bits per heavy atom. The molecule has 0 aliphatic rings. The minimum Gasteiger partial charge on any atom is -0.465 e. The van der Waals surface area contributed by atoms with Gasteiger partial charge >= 0.3 is 5.97 Å². The lowest BCUT2D eigenvalue weighted by Gasteiger charge is -2.13. The molecule has 0 aliphatic carbocycles. The van der Waals surface area contributed by atoms with Gasteiger partial charge in [-0.25, -0.2) is 4.79 Å². The number of hydrogen-bond acceptors (Lipinski definition) is 2. The van der Waals surface area contributed by atoms with Crippen molar-refractivity contribution in [2.75, 3.05) is 7.11 Å². The fourth-order valence-corrected chi connectivity index (χ4v) is 2.59. The van der Waals surface area contributed by atoms with Gasteiger partial charge in [0.25, 0.3) is 0 Å². The van der Waals surface area contributed by atoms with Gasteiger partial charge in [-0.05, 0) is 39.0 Å². The Balaban J connectivity index is 2.75. The van der Waals surface area contributed by atoms with Crippen LogP contribution in [0.5, 0.6) is 0 Å². The largest absolute Gasteiger partial charge is 0.465 e. The highest BCUT2D eigenvalue weighted by Gasteiger charge is 2.16. The van der Waals surface area contributed by atoms with Crippen LogP contribution in [0.1, 0.15) is 35.9 Å². The van der Waals surface area contributed by atoms with E-state index in [-0.39, 0.29) is 0 Å². The summed E-state index contributed by atoms with van der Waals surface area (Å²) in [5.74, 6) is -0.406. The van der Waals surface area contributed by atoms with Crippen molar-refractivity contribution >= 4 is 28.5 Å². The summed E-state index contributed by atoms with van der Waals surface area (Å²) in [5.41, 5.74) is 2.57. The van der Waals surface area contributed by atoms with Crippen molar-refractivity contribution in [3.8, 4) is 0 Å². The molecule has 0 fully saturated rings. The van der Waals surface area contributed by atoms with Gasteiger partial charge in [0, 0.05) is 22.6 Å². The second-order valence-electron chi connectivity index (χ2n) is 4.63. The monoisotopic (exact) mass is 265 g/mol. The first-order valence-corrected chi connectivity index (χ1v) is 6.23. The fraction of sp³-hybridized carbons (Fsp3) is 0.357. The SMILES string of the molecule is COC(=O)c1cc2c(cc1Cl)cc(C)n2C(C)C. The molecular weight excluding hydrogens is 250 g/mol. The molecule has 0 unspecified atom stereocenters. The van der Waals surface area contributed by atoms with Crippen LogP contribution in [-0.2, 0) is 4.74 Å². The molecule has 0 saturated carbocycles. The Kier molecular flexibility index (Phi) is 3.35. The van der Waals surface area contributed by atoms with Crippen LogP contribution in [0.2, 0.25) is 5.02 Å². The lowest BCUT2D eigenvalue weighted by atomic mass is 10.1. The predicted octanol–water partition coefficient (Wildman–Crippen LogP) is 3.97. The van der Waals surface area contributed by atoms with E-state index >= 15 is 0 Å². The van der Waals surface area contributed by atoms with Crippen molar-refractivity contribution in [2.24, 2.45) is 0 Å². The zero-order chi connectivity index (χ0) is 13.4. The van der Waals surface area contributed by atoms with Crippen LogP contribution >= 0.6 is 11.6 Å². The van der Waals surface area contributed by atoms with Crippen LogP contribution in [-0.4, -0.2) is 17.6 Å².